The number of pyridine rings is 1. The maximum Gasteiger partial charge on any atom is 0.350 e. The molecule has 0 aliphatic carbocycles. The fourth-order valence-electron chi connectivity index (χ4n) is 1.81. The van der Waals surface area contributed by atoms with Crippen molar-refractivity contribution in [3.8, 4) is 0 Å². The molecule has 1 amide bonds. The predicted molar refractivity (Wildman–Crippen MR) is 73.7 cm³/mol. The van der Waals surface area contributed by atoms with E-state index in [1.165, 1.54) is 16.3 Å². The number of rotatable bonds is 5. The lowest BCUT2D eigenvalue weighted by Crippen LogP contribution is -2.37. The van der Waals surface area contributed by atoms with Crippen LogP contribution in [0.5, 0.6) is 0 Å². The highest BCUT2D eigenvalue weighted by Gasteiger charge is 2.16. The molecule has 2 aromatic heterocycles. The summed E-state index contributed by atoms with van der Waals surface area (Å²) in [5, 5.41) is 4.05. The first kappa shape index (κ1) is 14.8. The van der Waals surface area contributed by atoms with Crippen LogP contribution in [0.3, 0.4) is 0 Å². The van der Waals surface area contributed by atoms with Crippen LogP contribution in [0.15, 0.2) is 29.2 Å². The van der Waals surface area contributed by atoms with Gasteiger partial charge in [0.2, 0.25) is 5.91 Å². The molecule has 0 bridgehead atoms. The zero-order chi connectivity index (χ0) is 15.4. The highest BCUT2D eigenvalue weighted by atomic mass is 16.5. The summed E-state index contributed by atoms with van der Waals surface area (Å²) >= 11 is 0. The Morgan fingerprint density at radius 3 is 2.81 bits per heavy atom. The van der Waals surface area contributed by atoms with Crippen molar-refractivity contribution in [2.45, 2.75) is 13.5 Å². The molecule has 0 aliphatic rings. The third kappa shape index (κ3) is 3.28. The van der Waals surface area contributed by atoms with Crippen LogP contribution in [0.4, 0.5) is 0 Å². The number of carbonyl (C=O) groups is 2. The van der Waals surface area contributed by atoms with E-state index in [2.05, 4.69) is 5.10 Å². The number of ether oxygens (including phenoxy) is 1. The molecule has 0 saturated heterocycles. The number of esters is 1. The van der Waals surface area contributed by atoms with Crippen molar-refractivity contribution in [1.82, 2.24) is 19.1 Å². The number of likely N-dealkylation sites (N-methyl/N-ethyl adjacent to an activating group) is 1. The van der Waals surface area contributed by atoms with Gasteiger partial charge in [-0.15, -0.1) is 5.10 Å². The summed E-state index contributed by atoms with van der Waals surface area (Å²) < 4.78 is 7.18. The monoisotopic (exact) mass is 292 g/mol. The maximum atomic E-state index is 12.0. The minimum absolute atomic E-state index is 0.158. The van der Waals surface area contributed by atoms with Gasteiger partial charge >= 0.3 is 11.7 Å². The highest BCUT2D eigenvalue weighted by Crippen LogP contribution is 1.96. The minimum Gasteiger partial charge on any atom is -0.465 e. The Bertz CT molecular complexity index is 718. The molecule has 0 radical (unpaired) electrons. The van der Waals surface area contributed by atoms with Crippen molar-refractivity contribution in [2.75, 3.05) is 20.2 Å². The van der Waals surface area contributed by atoms with Crippen LogP contribution in [0.25, 0.3) is 5.65 Å². The first-order valence-electron chi connectivity index (χ1n) is 6.46. The average Bonchev–Trinajstić information content (AvgIpc) is 2.76. The van der Waals surface area contributed by atoms with Crippen LogP contribution in [0.1, 0.15) is 6.92 Å². The minimum atomic E-state index is -0.490. The number of fused-ring (bicyclic) bond motifs is 1. The van der Waals surface area contributed by atoms with Gasteiger partial charge in [0.25, 0.3) is 0 Å². The molecule has 0 saturated carbocycles. The summed E-state index contributed by atoms with van der Waals surface area (Å²) in [5.41, 5.74) is 0.0619. The van der Waals surface area contributed by atoms with Crippen molar-refractivity contribution in [3.63, 3.8) is 0 Å². The molecule has 0 spiro atoms. The van der Waals surface area contributed by atoms with E-state index in [-0.39, 0.29) is 19.7 Å². The summed E-state index contributed by atoms with van der Waals surface area (Å²) in [6.45, 7) is 1.56. The fourth-order valence-corrected chi connectivity index (χ4v) is 1.81. The summed E-state index contributed by atoms with van der Waals surface area (Å²) in [6.07, 6.45) is 1.58. The Labute approximate surface area is 120 Å². The van der Waals surface area contributed by atoms with Crippen molar-refractivity contribution < 1.29 is 14.3 Å². The van der Waals surface area contributed by atoms with Gasteiger partial charge in [0.1, 0.15) is 13.1 Å². The molecule has 0 unspecified atom stereocenters. The van der Waals surface area contributed by atoms with Crippen LogP contribution in [0.2, 0.25) is 0 Å². The van der Waals surface area contributed by atoms with E-state index in [1.807, 2.05) is 0 Å². The lowest BCUT2D eigenvalue weighted by molar-refractivity contribution is -0.148. The average molecular weight is 292 g/mol. The van der Waals surface area contributed by atoms with E-state index in [1.54, 1.807) is 31.3 Å². The standard InChI is InChI=1S/C13H16N4O4/c1-3-21-12(19)9-15(2)11(18)8-17-13(20)16-7-5-4-6-10(16)14-17/h4-7H,3,8-9H2,1-2H3. The SMILES string of the molecule is CCOC(=O)CN(C)C(=O)Cn1nc2ccccn2c1=O. The first-order chi connectivity index (χ1) is 10.0. The Morgan fingerprint density at radius 1 is 1.38 bits per heavy atom. The molecule has 0 fully saturated rings. The summed E-state index contributed by atoms with van der Waals surface area (Å²) in [4.78, 5) is 36.5. The molecule has 0 aliphatic heterocycles. The van der Waals surface area contributed by atoms with Gasteiger partial charge < -0.3 is 9.64 Å². The van der Waals surface area contributed by atoms with Crippen molar-refractivity contribution in [3.05, 3.63) is 34.9 Å². The van der Waals surface area contributed by atoms with E-state index in [4.69, 9.17) is 4.74 Å². The number of nitrogens with zero attached hydrogens (tertiary/aromatic N) is 4. The largest absolute Gasteiger partial charge is 0.465 e. The second-order valence-electron chi connectivity index (χ2n) is 4.42. The first-order valence-corrected chi connectivity index (χ1v) is 6.46. The molecule has 8 nitrogen and oxygen atoms in total. The Kier molecular flexibility index (Phi) is 4.36. The Balaban J connectivity index is 2.09. The fraction of sp³-hybridized carbons (Fsp3) is 0.385. The number of aromatic nitrogens is 3. The molecule has 0 aromatic carbocycles. The van der Waals surface area contributed by atoms with Crippen molar-refractivity contribution in [2.24, 2.45) is 0 Å². The zero-order valence-corrected chi connectivity index (χ0v) is 11.9. The summed E-state index contributed by atoms with van der Waals surface area (Å²) in [7, 11) is 1.47. The van der Waals surface area contributed by atoms with E-state index >= 15 is 0 Å². The number of amides is 1. The van der Waals surface area contributed by atoms with E-state index in [9.17, 15) is 14.4 Å². The van der Waals surface area contributed by atoms with E-state index in [0.29, 0.717) is 5.65 Å². The quantitative estimate of drug-likeness (QED) is 0.695. The third-order valence-corrected chi connectivity index (χ3v) is 2.87. The lowest BCUT2D eigenvalue weighted by atomic mass is 10.5. The molecule has 0 atom stereocenters. The van der Waals surface area contributed by atoms with E-state index in [0.717, 1.165) is 4.68 Å². The number of hydrogen-bond acceptors (Lipinski definition) is 5. The molecule has 2 rings (SSSR count). The van der Waals surface area contributed by atoms with E-state index < -0.39 is 17.6 Å². The van der Waals surface area contributed by atoms with Crippen LogP contribution in [0, 0.1) is 0 Å². The van der Waals surface area contributed by atoms with Gasteiger partial charge in [-0.25, -0.2) is 9.48 Å². The van der Waals surface area contributed by atoms with Crippen LogP contribution >= 0.6 is 0 Å². The molecule has 21 heavy (non-hydrogen) atoms. The maximum absolute atomic E-state index is 12.0. The number of carbonyl (C=O) groups excluding carboxylic acids is 2. The number of hydrogen-bond donors (Lipinski definition) is 0. The molecular formula is C13H16N4O4. The smallest absolute Gasteiger partial charge is 0.350 e. The van der Waals surface area contributed by atoms with Crippen LogP contribution < -0.4 is 5.69 Å². The Hall–Kier alpha value is -2.64. The zero-order valence-electron chi connectivity index (χ0n) is 11.9. The normalized spacial score (nSPS) is 10.6. The van der Waals surface area contributed by atoms with Crippen LogP contribution in [-0.4, -0.2) is 51.2 Å². The topological polar surface area (TPSA) is 85.9 Å². The second-order valence-corrected chi connectivity index (χ2v) is 4.42. The van der Waals surface area contributed by atoms with Crippen molar-refractivity contribution >= 4 is 17.5 Å². The third-order valence-electron chi connectivity index (χ3n) is 2.87. The van der Waals surface area contributed by atoms with Gasteiger partial charge in [0.05, 0.1) is 6.61 Å². The summed E-state index contributed by atoms with van der Waals surface area (Å²) in [5.74, 6) is -0.885. The second kappa shape index (κ2) is 6.21. The molecular weight excluding hydrogens is 276 g/mol. The van der Waals surface area contributed by atoms with Crippen LogP contribution in [-0.2, 0) is 20.9 Å². The molecule has 0 N–H and O–H groups in total. The predicted octanol–water partition coefficient (Wildman–Crippen LogP) is -0.483. The molecule has 2 aromatic rings. The van der Waals surface area contributed by atoms with Gasteiger partial charge in [0, 0.05) is 13.2 Å². The molecule has 112 valence electrons. The van der Waals surface area contributed by atoms with Gasteiger partial charge in [0.15, 0.2) is 5.65 Å². The molecule has 2 heterocycles. The summed E-state index contributed by atoms with van der Waals surface area (Å²) in [6, 6.07) is 5.13. The van der Waals surface area contributed by atoms with Gasteiger partial charge in [-0.2, -0.15) is 0 Å². The van der Waals surface area contributed by atoms with Crippen molar-refractivity contribution in [1.29, 1.82) is 0 Å². The highest BCUT2D eigenvalue weighted by molar-refractivity contribution is 5.81. The van der Waals surface area contributed by atoms with Gasteiger partial charge in [-0.3, -0.25) is 14.0 Å². The van der Waals surface area contributed by atoms with Gasteiger partial charge in [-0.1, -0.05) is 6.07 Å². The lowest BCUT2D eigenvalue weighted by Gasteiger charge is -2.15. The Morgan fingerprint density at radius 2 is 2.14 bits per heavy atom. The van der Waals surface area contributed by atoms with Gasteiger partial charge in [-0.05, 0) is 19.1 Å². The molecule has 8 heteroatoms.